The summed E-state index contributed by atoms with van der Waals surface area (Å²) in [6, 6.07) is 26.7. The summed E-state index contributed by atoms with van der Waals surface area (Å²) in [5.41, 5.74) is 6.30. The zero-order valence-electron chi connectivity index (χ0n) is 25.3. The molecule has 0 saturated heterocycles. The lowest BCUT2D eigenvalue weighted by molar-refractivity contribution is -0.132. The first kappa shape index (κ1) is 33.4. The number of halogens is 2. The summed E-state index contributed by atoms with van der Waals surface area (Å²) in [6.07, 6.45) is 0.798. The lowest BCUT2D eigenvalue weighted by atomic mass is 10.1. The second-order valence-corrected chi connectivity index (χ2v) is 11.1. The largest absolute Gasteiger partial charge is 0.490 e. The van der Waals surface area contributed by atoms with Crippen molar-refractivity contribution >= 4 is 41.2 Å². The Morgan fingerprint density at radius 3 is 2.33 bits per heavy atom. The molecule has 10 heteroatoms. The highest BCUT2D eigenvalue weighted by Gasteiger charge is 2.25. The Morgan fingerprint density at radius 1 is 0.844 bits per heavy atom. The van der Waals surface area contributed by atoms with Crippen LogP contribution >= 0.6 is 23.2 Å². The average Bonchev–Trinajstić information content (AvgIpc) is 3.02. The quantitative estimate of drug-likeness (QED) is 0.114. The summed E-state index contributed by atoms with van der Waals surface area (Å²) in [4.78, 5) is 26.3. The van der Waals surface area contributed by atoms with E-state index < -0.39 is 24.0 Å². The molecule has 0 spiro atoms. The summed E-state index contributed by atoms with van der Waals surface area (Å²) in [5, 5.41) is 7.64. The summed E-state index contributed by atoms with van der Waals surface area (Å²) >= 11 is 12.2. The van der Waals surface area contributed by atoms with Gasteiger partial charge in [0.15, 0.2) is 17.6 Å². The van der Waals surface area contributed by atoms with E-state index in [1.54, 1.807) is 31.2 Å². The lowest BCUT2D eigenvalue weighted by Gasteiger charge is -2.21. The van der Waals surface area contributed by atoms with Gasteiger partial charge < -0.3 is 19.5 Å². The third kappa shape index (κ3) is 10.3. The number of carbonyl (C=O) groups is 2. The molecular formula is C35H35Cl2N3O5. The van der Waals surface area contributed by atoms with Gasteiger partial charge in [-0.3, -0.25) is 9.59 Å². The standard InChI is InChI=1S/C35H35Cl2N3O5/c1-4-43-33-19-26(13-15-32(33)44-22-27-12-8-9-23(2)17-27)21-38-40-35(42)30(18-25-10-6-5-7-11-25)39-34(41)24(3)45-31-16-14-28(36)20-29(31)37/h5-17,19-21,24,30H,4,18,22H2,1-3H3,(H,39,41)(H,40,42)/b38-21-/t24-,30+/m1/s1. The van der Waals surface area contributed by atoms with E-state index in [-0.39, 0.29) is 11.4 Å². The molecule has 2 N–H and O–H groups in total. The molecule has 0 aliphatic rings. The Balaban J connectivity index is 1.42. The minimum absolute atomic E-state index is 0.240. The molecule has 0 bridgehead atoms. The smallest absolute Gasteiger partial charge is 0.262 e. The van der Waals surface area contributed by atoms with Crippen molar-refractivity contribution in [1.82, 2.24) is 10.7 Å². The first-order chi connectivity index (χ1) is 21.7. The fraction of sp³-hybridized carbons (Fsp3) is 0.229. The van der Waals surface area contributed by atoms with Gasteiger partial charge >= 0.3 is 0 Å². The molecule has 45 heavy (non-hydrogen) atoms. The zero-order valence-corrected chi connectivity index (χ0v) is 26.8. The minimum atomic E-state index is -0.943. The van der Waals surface area contributed by atoms with Gasteiger partial charge in [0.05, 0.1) is 17.8 Å². The van der Waals surface area contributed by atoms with Crippen molar-refractivity contribution in [3.05, 3.63) is 123 Å². The van der Waals surface area contributed by atoms with Crippen molar-refractivity contribution in [2.75, 3.05) is 6.61 Å². The van der Waals surface area contributed by atoms with Gasteiger partial charge in [0.1, 0.15) is 18.4 Å². The van der Waals surface area contributed by atoms with E-state index in [1.165, 1.54) is 12.3 Å². The van der Waals surface area contributed by atoms with Crippen LogP contribution in [-0.4, -0.2) is 36.8 Å². The van der Waals surface area contributed by atoms with Gasteiger partial charge in [0.2, 0.25) is 0 Å². The van der Waals surface area contributed by atoms with Crippen LogP contribution in [0, 0.1) is 6.92 Å². The fourth-order valence-electron chi connectivity index (χ4n) is 4.37. The molecule has 4 rings (SSSR count). The van der Waals surface area contributed by atoms with Crippen LogP contribution < -0.4 is 25.0 Å². The molecule has 0 aromatic heterocycles. The number of hydrogen-bond acceptors (Lipinski definition) is 6. The molecule has 0 fully saturated rings. The molecule has 0 aliphatic heterocycles. The number of amides is 2. The predicted molar refractivity (Wildman–Crippen MR) is 177 cm³/mol. The monoisotopic (exact) mass is 647 g/mol. The Bertz CT molecular complexity index is 1630. The Kier molecular flexibility index (Phi) is 12.2. The van der Waals surface area contributed by atoms with E-state index >= 15 is 0 Å². The van der Waals surface area contributed by atoms with Gasteiger partial charge in [-0.15, -0.1) is 0 Å². The number of nitrogens with zero attached hydrogens (tertiary/aromatic N) is 1. The van der Waals surface area contributed by atoms with E-state index in [0.717, 1.165) is 16.7 Å². The maximum Gasteiger partial charge on any atom is 0.262 e. The zero-order chi connectivity index (χ0) is 32.2. The van der Waals surface area contributed by atoms with Crippen molar-refractivity contribution in [3.63, 3.8) is 0 Å². The molecule has 8 nitrogen and oxygen atoms in total. The van der Waals surface area contributed by atoms with Crippen LogP contribution in [0.2, 0.25) is 10.0 Å². The van der Waals surface area contributed by atoms with Crippen molar-refractivity contribution in [3.8, 4) is 17.2 Å². The topological polar surface area (TPSA) is 98.2 Å². The summed E-state index contributed by atoms with van der Waals surface area (Å²) < 4.78 is 17.5. The van der Waals surface area contributed by atoms with Gasteiger partial charge in [-0.1, -0.05) is 83.4 Å². The number of benzene rings is 4. The van der Waals surface area contributed by atoms with Gasteiger partial charge in [-0.25, -0.2) is 5.43 Å². The first-order valence-corrected chi connectivity index (χ1v) is 15.2. The second-order valence-electron chi connectivity index (χ2n) is 10.2. The van der Waals surface area contributed by atoms with Gasteiger partial charge in [0.25, 0.3) is 11.8 Å². The van der Waals surface area contributed by atoms with Gasteiger partial charge in [-0.2, -0.15) is 5.10 Å². The summed E-state index contributed by atoms with van der Waals surface area (Å²) in [7, 11) is 0. The van der Waals surface area contributed by atoms with Crippen LogP contribution in [-0.2, 0) is 22.6 Å². The minimum Gasteiger partial charge on any atom is -0.490 e. The molecule has 0 unspecified atom stereocenters. The van der Waals surface area contributed by atoms with Gasteiger partial charge in [0, 0.05) is 11.4 Å². The Hall–Kier alpha value is -4.53. The molecule has 4 aromatic rings. The number of hydrazone groups is 1. The van der Waals surface area contributed by atoms with E-state index in [0.29, 0.717) is 41.0 Å². The summed E-state index contributed by atoms with van der Waals surface area (Å²) in [6.45, 7) is 6.35. The Morgan fingerprint density at radius 2 is 1.60 bits per heavy atom. The molecule has 0 aliphatic carbocycles. The number of carbonyl (C=O) groups excluding carboxylic acids is 2. The molecule has 2 amide bonds. The second kappa shape index (κ2) is 16.5. The van der Waals surface area contributed by atoms with E-state index in [2.05, 4.69) is 21.9 Å². The van der Waals surface area contributed by atoms with Crippen molar-refractivity contribution in [2.24, 2.45) is 5.10 Å². The molecule has 2 atom stereocenters. The number of hydrogen-bond donors (Lipinski definition) is 2. The molecular weight excluding hydrogens is 613 g/mol. The van der Waals surface area contributed by atoms with Crippen LogP contribution in [0.1, 0.15) is 36.1 Å². The number of rotatable bonds is 14. The van der Waals surface area contributed by atoms with Crippen LogP contribution in [0.4, 0.5) is 0 Å². The maximum atomic E-state index is 13.3. The van der Waals surface area contributed by atoms with E-state index in [4.69, 9.17) is 37.4 Å². The highest BCUT2D eigenvalue weighted by Crippen LogP contribution is 2.30. The molecule has 0 radical (unpaired) electrons. The van der Waals surface area contributed by atoms with Crippen molar-refractivity contribution in [2.45, 2.75) is 45.9 Å². The molecule has 4 aromatic carbocycles. The van der Waals surface area contributed by atoms with Crippen molar-refractivity contribution < 1.29 is 23.8 Å². The highest BCUT2D eigenvalue weighted by molar-refractivity contribution is 6.35. The Labute approximate surface area is 273 Å². The number of aryl methyl sites for hydroxylation is 1. The third-order valence-corrected chi connectivity index (χ3v) is 7.15. The maximum absolute atomic E-state index is 13.3. The molecule has 0 saturated carbocycles. The van der Waals surface area contributed by atoms with E-state index in [9.17, 15) is 9.59 Å². The molecule has 234 valence electrons. The molecule has 0 heterocycles. The lowest BCUT2D eigenvalue weighted by Crippen LogP contribution is -2.50. The highest BCUT2D eigenvalue weighted by atomic mass is 35.5. The fourth-order valence-corrected chi connectivity index (χ4v) is 4.82. The normalized spacial score (nSPS) is 12.3. The number of nitrogens with one attached hydrogen (secondary N) is 2. The average molecular weight is 649 g/mol. The number of ether oxygens (including phenoxy) is 3. The SMILES string of the molecule is CCOc1cc(/C=N\NC(=O)[C@H](Cc2ccccc2)NC(=O)[C@@H](C)Oc2ccc(Cl)cc2Cl)ccc1OCc1cccc(C)c1. The third-order valence-electron chi connectivity index (χ3n) is 6.62. The summed E-state index contributed by atoms with van der Waals surface area (Å²) in [5.74, 6) is 0.466. The van der Waals surface area contributed by atoms with Crippen LogP contribution in [0.5, 0.6) is 17.2 Å². The van der Waals surface area contributed by atoms with Gasteiger partial charge in [-0.05, 0) is 73.9 Å². The first-order valence-electron chi connectivity index (χ1n) is 14.5. The van der Waals surface area contributed by atoms with Crippen molar-refractivity contribution in [1.29, 1.82) is 0 Å². The van der Waals surface area contributed by atoms with Crippen LogP contribution in [0.3, 0.4) is 0 Å². The van der Waals surface area contributed by atoms with Crippen LogP contribution in [0.15, 0.2) is 96.1 Å². The predicted octanol–water partition coefficient (Wildman–Crippen LogP) is 6.92. The van der Waals surface area contributed by atoms with Crippen LogP contribution in [0.25, 0.3) is 0 Å². The van der Waals surface area contributed by atoms with E-state index in [1.807, 2.05) is 68.4 Å².